The van der Waals surface area contributed by atoms with E-state index in [4.69, 9.17) is 10.2 Å². The van der Waals surface area contributed by atoms with Gasteiger partial charge in [-0.2, -0.15) is 0 Å². The SMILES string of the molecule is CCc1cc(O)ccc1C(=O)O.[H-].[Na+]. The molecule has 0 fully saturated rings. The molecule has 13 heavy (non-hydrogen) atoms. The Morgan fingerprint density at radius 1 is 1.54 bits per heavy atom. The van der Waals surface area contributed by atoms with Crippen LogP contribution in [0.3, 0.4) is 0 Å². The first-order chi connectivity index (χ1) is 5.65. The van der Waals surface area contributed by atoms with E-state index in [0.717, 1.165) is 0 Å². The van der Waals surface area contributed by atoms with Crippen molar-refractivity contribution >= 4 is 5.97 Å². The minimum atomic E-state index is -0.952. The second-order valence-electron chi connectivity index (χ2n) is 2.50. The molecular formula is C9H11NaO3. The number of benzene rings is 1. The summed E-state index contributed by atoms with van der Waals surface area (Å²) in [5, 5.41) is 17.8. The fourth-order valence-electron chi connectivity index (χ4n) is 1.08. The molecule has 0 heterocycles. The first kappa shape index (κ1) is 12.5. The third-order valence-electron chi connectivity index (χ3n) is 1.70. The standard InChI is InChI=1S/C9H10O3.Na.H/c1-2-6-5-7(10)3-4-8(6)9(11)12;;/h3-5,10H,2H2,1H3,(H,11,12);;/q;+1;-1. The van der Waals surface area contributed by atoms with Crippen LogP contribution in [0.15, 0.2) is 18.2 Å². The molecule has 0 unspecified atom stereocenters. The van der Waals surface area contributed by atoms with Gasteiger partial charge in [-0.05, 0) is 30.2 Å². The number of carboxylic acid groups (broad SMARTS) is 1. The molecule has 3 nitrogen and oxygen atoms in total. The van der Waals surface area contributed by atoms with Gasteiger partial charge in [0.15, 0.2) is 0 Å². The number of phenolic OH excluding ortho intramolecular Hbond substituents is 1. The van der Waals surface area contributed by atoms with Crippen molar-refractivity contribution in [3.05, 3.63) is 29.3 Å². The second-order valence-corrected chi connectivity index (χ2v) is 2.50. The minimum Gasteiger partial charge on any atom is -1.00 e. The molecule has 0 aliphatic heterocycles. The third kappa shape index (κ3) is 3.03. The number of rotatable bonds is 2. The number of aromatic hydroxyl groups is 1. The minimum absolute atomic E-state index is 0. The van der Waals surface area contributed by atoms with Crippen LogP contribution in [-0.2, 0) is 6.42 Å². The van der Waals surface area contributed by atoms with Gasteiger partial charge in [0, 0.05) is 0 Å². The van der Waals surface area contributed by atoms with Gasteiger partial charge >= 0.3 is 35.5 Å². The normalized spacial score (nSPS) is 9.00. The van der Waals surface area contributed by atoms with Gasteiger partial charge in [0.2, 0.25) is 0 Å². The van der Waals surface area contributed by atoms with E-state index in [1.807, 2.05) is 6.92 Å². The predicted octanol–water partition coefficient (Wildman–Crippen LogP) is -1.23. The van der Waals surface area contributed by atoms with Gasteiger partial charge < -0.3 is 11.6 Å². The second kappa shape index (κ2) is 5.27. The Morgan fingerprint density at radius 3 is 2.62 bits per heavy atom. The van der Waals surface area contributed by atoms with E-state index < -0.39 is 5.97 Å². The zero-order valence-electron chi connectivity index (χ0n) is 8.74. The van der Waals surface area contributed by atoms with Crippen molar-refractivity contribution in [3.63, 3.8) is 0 Å². The average Bonchev–Trinajstić information content (AvgIpc) is 2.03. The zero-order chi connectivity index (χ0) is 9.14. The van der Waals surface area contributed by atoms with E-state index in [9.17, 15) is 4.79 Å². The average molecular weight is 190 g/mol. The summed E-state index contributed by atoms with van der Waals surface area (Å²) in [5.74, 6) is -0.844. The van der Waals surface area contributed by atoms with Gasteiger partial charge in [-0.3, -0.25) is 0 Å². The summed E-state index contributed by atoms with van der Waals surface area (Å²) >= 11 is 0. The van der Waals surface area contributed by atoms with Crippen LogP contribution >= 0.6 is 0 Å². The maximum atomic E-state index is 10.6. The van der Waals surface area contributed by atoms with Crippen molar-refractivity contribution in [3.8, 4) is 5.75 Å². The fraction of sp³-hybridized carbons (Fsp3) is 0.222. The van der Waals surface area contributed by atoms with Crippen LogP contribution in [0.5, 0.6) is 5.75 Å². The summed E-state index contributed by atoms with van der Waals surface area (Å²) in [6.07, 6.45) is 0.607. The summed E-state index contributed by atoms with van der Waals surface area (Å²) in [6, 6.07) is 4.27. The monoisotopic (exact) mass is 190 g/mol. The van der Waals surface area contributed by atoms with Crippen molar-refractivity contribution in [1.82, 2.24) is 0 Å². The van der Waals surface area contributed by atoms with Gasteiger partial charge in [-0.1, -0.05) is 6.92 Å². The number of hydrogen-bond donors (Lipinski definition) is 2. The molecule has 0 aliphatic rings. The van der Waals surface area contributed by atoms with Gasteiger partial charge in [0.05, 0.1) is 5.56 Å². The van der Waals surface area contributed by atoms with Crippen LogP contribution in [0.1, 0.15) is 24.3 Å². The van der Waals surface area contributed by atoms with Gasteiger partial charge in [-0.25, -0.2) is 4.79 Å². The maximum Gasteiger partial charge on any atom is 1.00 e. The first-order valence-corrected chi connectivity index (χ1v) is 3.70. The molecular weight excluding hydrogens is 179 g/mol. The van der Waals surface area contributed by atoms with Crippen molar-refractivity contribution in [2.24, 2.45) is 0 Å². The molecule has 0 amide bonds. The smallest absolute Gasteiger partial charge is 1.00 e. The Balaban J connectivity index is 0. The Hall–Kier alpha value is -0.510. The van der Waals surface area contributed by atoms with E-state index in [1.54, 1.807) is 0 Å². The Morgan fingerprint density at radius 2 is 2.15 bits per heavy atom. The summed E-state index contributed by atoms with van der Waals surface area (Å²) in [4.78, 5) is 10.6. The fourth-order valence-corrected chi connectivity index (χ4v) is 1.08. The number of aromatic carboxylic acids is 1. The number of carboxylic acids is 1. The van der Waals surface area contributed by atoms with E-state index in [0.29, 0.717) is 12.0 Å². The zero-order valence-corrected chi connectivity index (χ0v) is 9.74. The molecule has 4 heteroatoms. The van der Waals surface area contributed by atoms with Crippen LogP contribution in [0, 0.1) is 0 Å². The van der Waals surface area contributed by atoms with Crippen LogP contribution in [0.4, 0.5) is 0 Å². The molecule has 2 N–H and O–H groups in total. The molecule has 0 bridgehead atoms. The molecule has 0 aromatic heterocycles. The first-order valence-electron chi connectivity index (χ1n) is 3.70. The molecule has 0 saturated heterocycles. The molecule has 1 aromatic rings. The van der Waals surface area contributed by atoms with E-state index >= 15 is 0 Å². The Kier molecular flexibility index (Phi) is 5.06. The molecule has 0 saturated carbocycles. The summed E-state index contributed by atoms with van der Waals surface area (Å²) in [5.41, 5.74) is 0.915. The molecule has 0 spiro atoms. The van der Waals surface area contributed by atoms with E-state index in [-0.39, 0.29) is 42.3 Å². The van der Waals surface area contributed by atoms with Crippen molar-refractivity contribution in [2.75, 3.05) is 0 Å². The van der Waals surface area contributed by atoms with Crippen molar-refractivity contribution in [2.45, 2.75) is 13.3 Å². The number of carbonyl (C=O) groups is 1. The number of hydrogen-bond acceptors (Lipinski definition) is 2. The van der Waals surface area contributed by atoms with Crippen molar-refractivity contribution < 1.29 is 46.0 Å². The predicted molar refractivity (Wildman–Crippen MR) is 45.6 cm³/mol. The molecule has 0 radical (unpaired) electrons. The number of phenols is 1. The van der Waals surface area contributed by atoms with Gasteiger partial charge in [0.25, 0.3) is 0 Å². The molecule has 0 aliphatic carbocycles. The summed E-state index contributed by atoms with van der Waals surface area (Å²) in [6.45, 7) is 1.85. The quantitative estimate of drug-likeness (QED) is 0.574. The van der Waals surface area contributed by atoms with Gasteiger partial charge in [0.1, 0.15) is 5.75 Å². The maximum absolute atomic E-state index is 10.6. The van der Waals surface area contributed by atoms with E-state index in [2.05, 4.69) is 0 Å². The van der Waals surface area contributed by atoms with Crippen LogP contribution in [0.2, 0.25) is 0 Å². The summed E-state index contributed by atoms with van der Waals surface area (Å²) < 4.78 is 0. The van der Waals surface area contributed by atoms with Crippen LogP contribution < -0.4 is 29.6 Å². The molecule has 1 rings (SSSR count). The van der Waals surface area contributed by atoms with Crippen LogP contribution in [0.25, 0.3) is 0 Å². The molecule has 1 aromatic carbocycles. The Bertz CT molecular complexity index is 315. The van der Waals surface area contributed by atoms with E-state index in [1.165, 1.54) is 18.2 Å². The Labute approximate surface area is 100 Å². The summed E-state index contributed by atoms with van der Waals surface area (Å²) in [7, 11) is 0. The van der Waals surface area contributed by atoms with Crippen LogP contribution in [-0.4, -0.2) is 16.2 Å². The number of aryl methyl sites for hydroxylation is 1. The molecule has 0 atom stereocenters. The largest absolute Gasteiger partial charge is 1.00 e. The third-order valence-corrected chi connectivity index (χ3v) is 1.70. The van der Waals surface area contributed by atoms with Gasteiger partial charge in [-0.15, -0.1) is 0 Å². The molecule has 66 valence electrons. The topological polar surface area (TPSA) is 57.5 Å². The van der Waals surface area contributed by atoms with Crippen molar-refractivity contribution in [1.29, 1.82) is 0 Å².